The Hall–Kier alpha value is -0.821. The van der Waals surface area contributed by atoms with Crippen LogP contribution in [0, 0.1) is 13.8 Å². The van der Waals surface area contributed by atoms with Gasteiger partial charge in [-0.1, -0.05) is 0 Å². The maximum absolute atomic E-state index is 5.90. The van der Waals surface area contributed by atoms with Gasteiger partial charge in [0.15, 0.2) is 0 Å². The van der Waals surface area contributed by atoms with Crippen molar-refractivity contribution in [1.82, 2.24) is 0 Å². The molecule has 2 aromatic carbocycles. The molecule has 2 rings (SSSR count). The summed E-state index contributed by atoms with van der Waals surface area (Å²) >= 11 is 0.740. The minimum absolute atomic E-state index is 0.356. The molecule has 0 spiro atoms. The Kier molecular flexibility index (Phi) is 6.09. The number of aryl methyl sites for hydroxylation is 2. The molecule has 2 N–H and O–H groups in total. The molecule has 2 aromatic rings. The van der Waals surface area contributed by atoms with Crippen molar-refractivity contribution >= 4 is 38.8 Å². The zero-order valence-corrected chi connectivity index (χ0v) is 15.2. The molecule has 0 atom stereocenters. The van der Waals surface area contributed by atoms with Crippen LogP contribution in [0.1, 0.15) is 11.1 Å². The summed E-state index contributed by atoms with van der Waals surface area (Å²) in [7, 11) is 0. The predicted molar refractivity (Wildman–Crippen MR) is 90.3 cm³/mol. The summed E-state index contributed by atoms with van der Waals surface area (Å²) in [6.45, 7) is 4.91. The van der Waals surface area contributed by atoms with E-state index in [2.05, 4.69) is 67.4 Å². The van der Waals surface area contributed by atoms with Crippen LogP contribution in [0.5, 0.6) is 0 Å². The fourth-order valence-electron chi connectivity index (χ4n) is 1.62. The number of benzene rings is 2. The molecule has 0 bridgehead atoms. The summed E-state index contributed by atoms with van der Waals surface area (Å²) in [6, 6.07) is 17.6. The van der Waals surface area contributed by atoms with Gasteiger partial charge in [-0.2, -0.15) is 0 Å². The van der Waals surface area contributed by atoms with Gasteiger partial charge in [0.05, 0.1) is 0 Å². The van der Waals surface area contributed by atoms with Crippen LogP contribution < -0.4 is 14.7 Å². The van der Waals surface area contributed by atoms with Crippen LogP contribution in [-0.2, 0) is 0 Å². The molecule has 1 nitrogen and oxygen atoms in total. The fourth-order valence-corrected chi connectivity index (χ4v) is 5.53. The first-order valence-electron chi connectivity index (χ1n) is 6.54. The van der Waals surface area contributed by atoms with Crippen molar-refractivity contribution < 1.29 is 0 Å². The molecule has 0 fully saturated rings. The molecular formula is C17H19NSe2. The first kappa shape index (κ1) is 15.6. The van der Waals surface area contributed by atoms with E-state index in [0.29, 0.717) is 36.5 Å². The van der Waals surface area contributed by atoms with Crippen LogP contribution in [0.2, 0.25) is 0 Å². The van der Waals surface area contributed by atoms with Gasteiger partial charge >= 0.3 is 134 Å². The summed E-state index contributed by atoms with van der Waals surface area (Å²) < 4.78 is 4.20. The second-order valence-corrected chi connectivity index (χ2v) is 9.13. The summed E-state index contributed by atoms with van der Waals surface area (Å²) in [5.74, 6) is 0. The van der Waals surface area contributed by atoms with Crippen LogP contribution in [0.25, 0.3) is 0 Å². The number of rotatable bonds is 5. The molecule has 0 radical (unpaired) electrons. The van der Waals surface area contributed by atoms with Crippen molar-refractivity contribution in [1.29, 1.82) is 0 Å². The molecule has 0 aliphatic heterocycles. The normalized spacial score (nSPS) is 11.7. The van der Waals surface area contributed by atoms with E-state index in [1.54, 1.807) is 0 Å². The third-order valence-electron chi connectivity index (χ3n) is 2.82. The van der Waals surface area contributed by atoms with Crippen LogP contribution in [0.15, 0.2) is 58.0 Å². The molecule has 0 heterocycles. The molecule has 0 saturated heterocycles. The second kappa shape index (κ2) is 7.83. The van der Waals surface area contributed by atoms with Crippen LogP contribution in [-0.4, -0.2) is 36.5 Å². The maximum atomic E-state index is 5.90. The van der Waals surface area contributed by atoms with Gasteiger partial charge in [0.25, 0.3) is 0 Å². The average Bonchev–Trinajstić information content (AvgIpc) is 2.47. The van der Waals surface area contributed by atoms with Crippen LogP contribution >= 0.6 is 0 Å². The van der Waals surface area contributed by atoms with Gasteiger partial charge in [-0.25, -0.2) is 0 Å². The van der Waals surface area contributed by atoms with Crippen molar-refractivity contribution in [2.45, 2.75) is 13.8 Å². The van der Waals surface area contributed by atoms with Crippen molar-refractivity contribution in [3.8, 4) is 0 Å². The summed E-state index contributed by atoms with van der Waals surface area (Å²) in [4.78, 5) is 2.36. The van der Waals surface area contributed by atoms with Gasteiger partial charge in [-0.05, 0) is 0 Å². The molecular weight excluding hydrogens is 376 g/mol. The van der Waals surface area contributed by atoms with E-state index < -0.39 is 0 Å². The average molecular weight is 395 g/mol. The Labute approximate surface area is 134 Å². The first-order valence-corrected chi connectivity index (χ1v) is 10.1. The van der Waals surface area contributed by atoms with Crippen molar-refractivity contribution in [3.63, 3.8) is 0 Å². The fraction of sp³-hybridized carbons (Fsp3) is 0.176. The Morgan fingerprint density at radius 1 is 0.900 bits per heavy atom. The van der Waals surface area contributed by atoms with Gasteiger partial charge in [0, 0.05) is 0 Å². The standard InChI is InChI=1S/C17H19NSe2/c1-13-3-7-15(8-4-13)19-12-17(11-18)20-16-9-5-14(2)6-10-16/h3-10,12H,11,18H2,1-2H3/b17-12+. The molecule has 20 heavy (non-hydrogen) atoms. The van der Waals surface area contributed by atoms with E-state index in [1.807, 2.05) is 0 Å². The number of nitrogens with two attached hydrogens (primary N) is 1. The zero-order valence-electron chi connectivity index (χ0n) is 11.8. The summed E-state index contributed by atoms with van der Waals surface area (Å²) in [5.41, 5.74) is 8.52. The van der Waals surface area contributed by atoms with E-state index in [1.165, 1.54) is 24.5 Å². The Bertz CT molecular complexity index is 571. The summed E-state index contributed by atoms with van der Waals surface area (Å²) in [6.07, 6.45) is 0. The van der Waals surface area contributed by atoms with Crippen LogP contribution in [0.3, 0.4) is 0 Å². The Morgan fingerprint density at radius 2 is 1.40 bits per heavy atom. The van der Waals surface area contributed by atoms with E-state index in [-0.39, 0.29) is 0 Å². The van der Waals surface area contributed by atoms with E-state index in [4.69, 9.17) is 5.73 Å². The number of hydrogen-bond acceptors (Lipinski definition) is 1. The van der Waals surface area contributed by atoms with E-state index in [0.717, 1.165) is 0 Å². The van der Waals surface area contributed by atoms with E-state index >= 15 is 0 Å². The molecule has 0 aliphatic rings. The van der Waals surface area contributed by atoms with Crippen molar-refractivity contribution in [2.75, 3.05) is 6.54 Å². The SMILES string of the molecule is Cc1ccc([Se]/C=C(\CN)[Se]c2ccc(C)cc2)cc1. The molecule has 0 amide bonds. The van der Waals surface area contributed by atoms with Gasteiger partial charge in [-0.15, -0.1) is 0 Å². The topological polar surface area (TPSA) is 26.0 Å². The first-order chi connectivity index (χ1) is 9.67. The van der Waals surface area contributed by atoms with E-state index in [9.17, 15) is 0 Å². The predicted octanol–water partition coefficient (Wildman–Crippen LogP) is 1.46. The van der Waals surface area contributed by atoms with Crippen LogP contribution in [0.4, 0.5) is 0 Å². The Morgan fingerprint density at radius 3 is 1.90 bits per heavy atom. The second-order valence-electron chi connectivity index (χ2n) is 4.63. The summed E-state index contributed by atoms with van der Waals surface area (Å²) in [5, 5.41) is 0. The molecule has 3 heteroatoms. The molecule has 0 saturated carbocycles. The third kappa shape index (κ3) is 4.94. The molecule has 0 unspecified atom stereocenters. The van der Waals surface area contributed by atoms with Gasteiger partial charge in [0.1, 0.15) is 0 Å². The van der Waals surface area contributed by atoms with Gasteiger partial charge in [0.2, 0.25) is 0 Å². The molecule has 0 aromatic heterocycles. The number of hydrogen-bond donors (Lipinski definition) is 1. The monoisotopic (exact) mass is 397 g/mol. The zero-order chi connectivity index (χ0) is 14.4. The molecule has 104 valence electrons. The third-order valence-corrected chi connectivity index (χ3v) is 7.77. The van der Waals surface area contributed by atoms with Crippen molar-refractivity contribution in [3.05, 3.63) is 69.1 Å². The molecule has 0 aliphatic carbocycles. The minimum atomic E-state index is 0.356. The van der Waals surface area contributed by atoms with Crippen molar-refractivity contribution in [2.24, 2.45) is 5.73 Å². The quantitative estimate of drug-likeness (QED) is 0.763. The Balaban J connectivity index is 2.02. The van der Waals surface area contributed by atoms with Gasteiger partial charge in [-0.3, -0.25) is 0 Å². The van der Waals surface area contributed by atoms with Gasteiger partial charge < -0.3 is 0 Å².